The molecule has 0 aromatic rings. The monoisotopic (exact) mass is 215 g/mol. The summed E-state index contributed by atoms with van der Waals surface area (Å²) in [6.07, 6.45) is 5.87. The average molecular weight is 215 g/mol. The molecule has 0 rings (SSSR count). The molecule has 0 amide bonds. The smallest absolute Gasteiger partial charge is 0.0662 e. The maximum Gasteiger partial charge on any atom is 0.0662 e. The highest BCUT2D eigenvalue weighted by Gasteiger charge is 2.16. The molecule has 0 aromatic carbocycles. The van der Waals surface area contributed by atoms with Crippen LogP contribution in [0.4, 0.5) is 0 Å². The van der Waals surface area contributed by atoms with Gasteiger partial charge in [0.25, 0.3) is 0 Å². The lowest BCUT2D eigenvalue weighted by Crippen LogP contribution is -2.34. The summed E-state index contributed by atoms with van der Waals surface area (Å²) in [5, 5.41) is 12.8. The van der Waals surface area contributed by atoms with E-state index in [1.54, 1.807) is 0 Å². The molecule has 0 bridgehead atoms. The molecule has 15 heavy (non-hydrogen) atoms. The van der Waals surface area contributed by atoms with Crippen LogP contribution in [0, 0.1) is 5.41 Å². The first-order valence-electron chi connectivity index (χ1n) is 6.40. The van der Waals surface area contributed by atoms with E-state index in [0.717, 1.165) is 19.5 Å². The summed E-state index contributed by atoms with van der Waals surface area (Å²) < 4.78 is 0. The molecule has 1 atom stereocenters. The van der Waals surface area contributed by atoms with Gasteiger partial charge in [-0.15, -0.1) is 0 Å². The molecule has 92 valence electrons. The maximum absolute atomic E-state index is 9.41. The van der Waals surface area contributed by atoms with Crippen molar-refractivity contribution < 1.29 is 5.11 Å². The van der Waals surface area contributed by atoms with Crippen molar-refractivity contribution in [3.05, 3.63) is 0 Å². The minimum absolute atomic E-state index is 0.184. The Morgan fingerprint density at radius 3 is 2.40 bits per heavy atom. The number of hydrogen-bond donors (Lipinski definition) is 2. The van der Waals surface area contributed by atoms with E-state index in [1.807, 2.05) is 6.92 Å². The van der Waals surface area contributed by atoms with E-state index >= 15 is 0 Å². The van der Waals surface area contributed by atoms with Crippen molar-refractivity contribution in [2.75, 3.05) is 13.1 Å². The lowest BCUT2D eigenvalue weighted by Gasteiger charge is -2.25. The zero-order valence-corrected chi connectivity index (χ0v) is 11.0. The first kappa shape index (κ1) is 14.9. The van der Waals surface area contributed by atoms with E-state index in [9.17, 15) is 5.11 Å². The fourth-order valence-electron chi connectivity index (χ4n) is 1.66. The predicted octanol–water partition coefficient (Wildman–Crippen LogP) is 2.95. The molecule has 0 fully saturated rings. The number of nitrogens with one attached hydrogen (secondary N) is 1. The zero-order valence-electron chi connectivity index (χ0n) is 11.0. The number of hydrogen-bond acceptors (Lipinski definition) is 2. The molecule has 0 saturated carbocycles. The van der Waals surface area contributed by atoms with Gasteiger partial charge in [-0.1, -0.05) is 47.0 Å². The van der Waals surface area contributed by atoms with Crippen molar-refractivity contribution in [1.29, 1.82) is 0 Å². The Morgan fingerprint density at radius 1 is 1.20 bits per heavy atom. The predicted molar refractivity (Wildman–Crippen MR) is 67.1 cm³/mol. The molecule has 0 spiro atoms. The van der Waals surface area contributed by atoms with Crippen molar-refractivity contribution in [3.8, 4) is 0 Å². The first-order chi connectivity index (χ1) is 7.02. The van der Waals surface area contributed by atoms with E-state index in [0.29, 0.717) is 5.41 Å². The van der Waals surface area contributed by atoms with Gasteiger partial charge in [0.15, 0.2) is 0 Å². The molecule has 0 radical (unpaired) electrons. The standard InChI is InChI=1S/C13H29NO/c1-5-7-8-9-13(3,4)11-14-10-12(15)6-2/h12,14-15H,5-11H2,1-4H3. The highest BCUT2D eigenvalue weighted by atomic mass is 16.3. The molecule has 0 aromatic heterocycles. The Morgan fingerprint density at radius 2 is 1.87 bits per heavy atom. The summed E-state index contributed by atoms with van der Waals surface area (Å²) in [6.45, 7) is 10.6. The van der Waals surface area contributed by atoms with Crippen LogP contribution in [0.3, 0.4) is 0 Å². The van der Waals surface area contributed by atoms with Gasteiger partial charge in [-0.05, 0) is 18.3 Å². The molecular formula is C13H29NO. The van der Waals surface area contributed by atoms with Crippen molar-refractivity contribution in [3.63, 3.8) is 0 Å². The van der Waals surface area contributed by atoms with Crippen LogP contribution in [0.15, 0.2) is 0 Å². The average Bonchev–Trinajstić information content (AvgIpc) is 2.17. The van der Waals surface area contributed by atoms with Crippen LogP contribution in [-0.2, 0) is 0 Å². The minimum atomic E-state index is -0.184. The largest absolute Gasteiger partial charge is 0.392 e. The second kappa shape index (κ2) is 8.12. The van der Waals surface area contributed by atoms with Gasteiger partial charge in [-0.2, -0.15) is 0 Å². The molecule has 0 saturated heterocycles. The fraction of sp³-hybridized carbons (Fsp3) is 1.00. The van der Waals surface area contributed by atoms with Crippen LogP contribution in [0.2, 0.25) is 0 Å². The summed E-state index contributed by atoms with van der Waals surface area (Å²) >= 11 is 0. The van der Waals surface area contributed by atoms with E-state index in [4.69, 9.17) is 0 Å². The summed E-state index contributed by atoms with van der Waals surface area (Å²) in [7, 11) is 0. The van der Waals surface area contributed by atoms with Gasteiger partial charge in [0.1, 0.15) is 0 Å². The Labute approximate surface area is 95.5 Å². The molecule has 2 heteroatoms. The lowest BCUT2D eigenvalue weighted by atomic mass is 9.87. The van der Waals surface area contributed by atoms with Gasteiger partial charge in [0.2, 0.25) is 0 Å². The highest BCUT2D eigenvalue weighted by Crippen LogP contribution is 2.22. The van der Waals surface area contributed by atoms with Crippen molar-refractivity contribution in [1.82, 2.24) is 5.32 Å². The molecule has 0 aliphatic rings. The molecule has 0 aliphatic heterocycles. The summed E-state index contributed by atoms with van der Waals surface area (Å²) in [5.41, 5.74) is 0.364. The summed E-state index contributed by atoms with van der Waals surface area (Å²) in [5.74, 6) is 0. The van der Waals surface area contributed by atoms with Gasteiger partial charge in [-0.3, -0.25) is 0 Å². The Hall–Kier alpha value is -0.0800. The fourth-order valence-corrected chi connectivity index (χ4v) is 1.66. The number of unbranched alkanes of at least 4 members (excludes halogenated alkanes) is 2. The van der Waals surface area contributed by atoms with Crippen LogP contribution in [0.25, 0.3) is 0 Å². The van der Waals surface area contributed by atoms with Crippen LogP contribution < -0.4 is 5.32 Å². The van der Waals surface area contributed by atoms with Crippen LogP contribution in [0.1, 0.15) is 59.8 Å². The van der Waals surface area contributed by atoms with Crippen LogP contribution in [-0.4, -0.2) is 24.3 Å². The second-order valence-corrected chi connectivity index (χ2v) is 5.31. The van der Waals surface area contributed by atoms with Crippen molar-refractivity contribution >= 4 is 0 Å². The Bertz CT molecular complexity index is 145. The van der Waals surface area contributed by atoms with Gasteiger partial charge in [-0.25, -0.2) is 0 Å². The van der Waals surface area contributed by atoms with Gasteiger partial charge < -0.3 is 10.4 Å². The number of aliphatic hydroxyl groups excluding tert-OH is 1. The molecule has 2 nitrogen and oxygen atoms in total. The molecule has 2 N–H and O–H groups in total. The third kappa shape index (κ3) is 8.88. The molecule has 1 unspecified atom stereocenters. The molecule has 0 aliphatic carbocycles. The molecular weight excluding hydrogens is 186 g/mol. The lowest BCUT2D eigenvalue weighted by molar-refractivity contribution is 0.160. The van der Waals surface area contributed by atoms with Crippen molar-refractivity contribution in [2.24, 2.45) is 5.41 Å². The van der Waals surface area contributed by atoms with Gasteiger partial charge in [0, 0.05) is 13.1 Å². The third-order valence-corrected chi connectivity index (χ3v) is 2.91. The summed E-state index contributed by atoms with van der Waals surface area (Å²) in [4.78, 5) is 0. The van der Waals surface area contributed by atoms with E-state index in [1.165, 1.54) is 25.7 Å². The van der Waals surface area contributed by atoms with Crippen LogP contribution in [0.5, 0.6) is 0 Å². The Kier molecular flexibility index (Phi) is 8.07. The highest BCUT2D eigenvalue weighted by molar-refractivity contribution is 4.72. The van der Waals surface area contributed by atoms with E-state index in [2.05, 4.69) is 26.1 Å². The van der Waals surface area contributed by atoms with E-state index < -0.39 is 0 Å². The normalized spacial score (nSPS) is 14.2. The number of rotatable bonds is 9. The SMILES string of the molecule is CCCCCC(C)(C)CNCC(O)CC. The van der Waals surface area contributed by atoms with Crippen LogP contribution >= 0.6 is 0 Å². The first-order valence-corrected chi connectivity index (χ1v) is 6.40. The van der Waals surface area contributed by atoms with Crippen molar-refractivity contribution in [2.45, 2.75) is 65.9 Å². The summed E-state index contributed by atoms with van der Waals surface area (Å²) in [6, 6.07) is 0. The Balaban J connectivity index is 3.54. The second-order valence-electron chi connectivity index (χ2n) is 5.31. The van der Waals surface area contributed by atoms with Gasteiger partial charge in [0.05, 0.1) is 6.10 Å². The third-order valence-electron chi connectivity index (χ3n) is 2.91. The quantitative estimate of drug-likeness (QED) is 0.580. The van der Waals surface area contributed by atoms with E-state index in [-0.39, 0.29) is 6.10 Å². The molecule has 0 heterocycles. The minimum Gasteiger partial charge on any atom is -0.392 e. The maximum atomic E-state index is 9.41. The number of aliphatic hydroxyl groups is 1. The zero-order chi connectivity index (χ0) is 11.7. The topological polar surface area (TPSA) is 32.3 Å². The van der Waals surface area contributed by atoms with Gasteiger partial charge >= 0.3 is 0 Å².